The molecule has 4 aromatic rings. The fraction of sp³-hybridized carbons (Fsp3) is 0.292. The molecule has 1 fully saturated rings. The number of hydrogen-bond acceptors (Lipinski definition) is 9. The quantitative estimate of drug-likeness (QED) is 0.323. The Morgan fingerprint density at radius 2 is 1.94 bits per heavy atom. The molecule has 0 radical (unpaired) electrons. The molecule has 11 nitrogen and oxygen atoms in total. The van der Waals surface area contributed by atoms with Crippen molar-refractivity contribution in [1.29, 1.82) is 0 Å². The molecule has 180 valence electrons. The van der Waals surface area contributed by atoms with Crippen molar-refractivity contribution in [1.82, 2.24) is 29.8 Å². The number of pyridine rings is 1. The van der Waals surface area contributed by atoms with Crippen LogP contribution < -0.4 is 10.6 Å². The third-order valence-corrected chi connectivity index (χ3v) is 5.87. The number of ether oxygens (including phenoxy) is 1. The highest BCUT2D eigenvalue weighted by Crippen LogP contribution is 2.33. The van der Waals surface area contributed by atoms with Crippen molar-refractivity contribution in [2.45, 2.75) is 38.0 Å². The van der Waals surface area contributed by atoms with Gasteiger partial charge in [0, 0.05) is 31.5 Å². The first-order valence-corrected chi connectivity index (χ1v) is 11.1. The van der Waals surface area contributed by atoms with Crippen molar-refractivity contribution >= 4 is 22.9 Å². The highest BCUT2D eigenvalue weighted by atomic mass is 16.6. The van der Waals surface area contributed by atoms with Gasteiger partial charge >= 0.3 is 0 Å². The van der Waals surface area contributed by atoms with Gasteiger partial charge in [-0.25, -0.2) is 15.0 Å². The first-order valence-electron chi connectivity index (χ1n) is 11.1. The zero-order valence-corrected chi connectivity index (χ0v) is 19.2. The third-order valence-electron chi connectivity index (χ3n) is 5.87. The second-order valence-electron chi connectivity index (χ2n) is 8.35. The minimum Gasteiger partial charge on any atom is -0.387 e. The van der Waals surface area contributed by atoms with Crippen LogP contribution in [-0.2, 0) is 16.1 Å². The van der Waals surface area contributed by atoms with Crippen LogP contribution in [0.2, 0.25) is 0 Å². The molecule has 1 saturated heterocycles. The number of benzene rings is 1. The van der Waals surface area contributed by atoms with Gasteiger partial charge in [-0.3, -0.25) is 14.3 Å². The number of nitrogens with zero attached hydrogens (tertiary/aromatic N) is 5. The number of hydrogen-bond donors (Lipinski definition) is 4. The molecule has 0 saturated carbocycles. The summed E-state index contributed by atoms with van der Waals surface area (Å²) >= 11 is 0. The summed E-state index contributed by atoms with van der Waals surface area (Å²) in [4.78, 5) is 30.2. The average Bonchev–Trinajstić information content (AvgIpc) is 3.43. The Kier molecular flexibility index (Phi) is 6.12. The first kappa shape index (κ1) is 22.8. The molecule has 35 heavy (non-hydrogen) atoms. The molecule has 0 aliphatic carbocycles. The van der Waals surface area contributed by atoms with Crippen molar-refractivity contribution < 1.29 is 19.7 Å². The number of aryl methyl sites for hydroxylation is 1. The van der Waals surface area contributed by atoms with E-state index in [4.69, 9.17) is 14.7 Å². The van der Waals surface area contributed by atoms with E-state index in [9.17, 15) is 15.0 Å². The van der Waals surface area contributed by atoms with Gasteiger partial charge in [-0.1, -0.05) is 30.3 Å². The highest BCUT2D eigenvalue weighted by molar-refractivity contribution is 5.85. The van der Waals surface area contributed by atoms with Gasteiger partial charge in [-0.15, -0.1) is 0 Å². The van der Waals surface area contributed by atoms with E-state index < -0.39 is 30.4 Å². The Bertz CT molecular complexity index is 1360. The molecule has 3 unspecified atom stereocenters. The first-order chi connectivity index (χ1) is 17.0. The largest absolute Gasteiger partial charge is 0.387 e. The number of carbonyl (C=O) groups is 1. The third kappa shape index (κ3) is 4.32. The summed E-state index contributed by atoms with van der Waals surface area (Å²) in [5.74, 6) is 0.363. The fourth-order valence-corrected chi connectivity index (χ4v) is 4.06. The SMILES string of the molecule is CNC(=O)[C@@H]1OC(n2cnc3c(NCc4ccccc4)nc(-c4cncc(C)c4)nc32)C(O)C1O. The van der Waals surface area contributed by atoms with Crippen LogP contribution in [0.4, 0.5) is 5.82 Å². The number of fused-ring (bicyclic) bond motifs is 1. The van der Waals surface area contributed by atoms with E-state index >= 15 is 0 Å². The summed E-state index contributed by atoms with van der Waals surface area (Å²) in [6.07, 6.45) is -0.206. The number of imidazole rings is 1. The molecule has 0 spiro atoms. The maximum atomic E-state index is 12.1. The van der Waals surface area contributed by atoms with E-state index in [1.54, 1.807) is 12.4 Å². The van der Waals surface area contributed by atoms with E-state index in [0.717, 1.165) is 11.1 Å². The van der Waals surface area contributed by atoms with Gasteiger partial charge in [0.25, 0.3) is 5.91 Å². The van der Waals surface area contributed by atoms with Gasteiger partial charge in [0.15, 0.2) is 35.1 Å². The van der Waals surface area contributed by atoms with Crippen molar-refractivity contribution in [2.75, 3.05) is 12.4 Å². The molecule has 4 atom stereocenters. The lowest BCUT2D eigenvalue weighted by Crippen LogP contribution is -2.41. The minimum absolute atomic E-state index is 0.376. The van der Waals surface area contributed by atoms with Gasteiger partial charge in [-0.2, -0.15) is 0 Å². The van der Waals surface area contributed by atoms with Gasteiger partial charge < -0.3 is 25.6 Å². The Labute approximate surface area is 200 Å². The fourth-order valence-electron chi connectivity index (χ4n) is 4.06. The number of aliphatic hydroxyl groups is 2. The summed E-state index contributed by atoms with van der Waals surface area (Å²) in [5.41, 5.74) is 3.55. The van der Waals surface area contributed by atoms with Crippen LogP contribution in [0.25, 0.3) is 22.6 Å². The molecule has 4 N–H and O–H groups in total. The Balaban J connectivity index is 1.58. The van der Waals surface area contributed by atoms with E-state index in [-0.39, 0.29) is 0 Å². The number of carbonyl (C=O) groups excluding carboxylic acids is 1. The number of nitrogens with one attached hydrogen (secondary N) is 2. The van der Waals surface area contributed by atoms with E-state index in [1.165, 1.54) is 17.9 Å². The number of aliphatic hydroxyl groups excluding tert-OH is 2. The number of likely N-dealkylation sites (N-methyl/N-ethyl adjacent to an activating group) is 1. The molecule has 0 bridgehead atoms. The van der Waals surface area contributed by atoms with Crippen molar-refractivity contribution in [3.8, 4) is 11.4 Å². The predicted octanol–water partition coefficient (Wildman–Crippen LogP) is 1.17. The molecule has 1 aliphatic heterocycles. The van der Waals surface area contributed by atoms with Gasteiger partial charge in [0.1, 0.15) is 12.2 Å². The molecule has 4 heterocycles. The lowest BCUT2D eigenvalue weighted by Gasteiger charge is -2.17. The van der Waals surface area contributed by atoms with Crippen LogP contribution >= 0.6 is 0 Å². The smallest absolute Gasteiger partial charge is 0.251 e. The lowest BCUT2D eigenvalue weighted by atomic mass is 10.1. The van der Waals surface area contributed by atoms with Crippen molar-refractivity contribution in [3.63, 3.8) is 0 Å². The van der Waals surface area contributed by atoms with Crippen LogP contribution in [-0.4, -0.2) is 66.0 Å². The zero-order chi connectivity index (χ0) is 24.5. The zero-order valence-electron chi connectivity index (χ0n) is 19.2. The number of rotatable bonds is 6. The summed E-state index contributed by atoms with van der Waals surface area (Å²) in [5, 5.41) is 26.8. The van der Waals surface area contributed by atoms with Crippen LogP contribution in [0.15, 0.2) is 55.1 Å². The summed E-state index contributed by atoms with van der Waals surface area (Å²) in [7, 11) is 1.44. The topological polar surface area (TPSA) is 147 Å². The standard InChI is InChI=1S/C24H25N7O4/c1-13-8-15(11-26-9-13)20-29-21(27-10-14-6-4-3-5-7-14)16-22(30-20)31(12-28-16)24-18(33)17(32)19(35-24)23(34)25-2/h3-9,11-12,17-19,24,32-33H,10H2,1-2H3,(H,25,34)(H,27,29,30)/t17?,18?,19-,24?/m1/s1. The van der Waals surface area contributed by atoms with E-state index in [2.05, 4.69) is 20.6 Å². The monoisotopic (exact) mass is 475 g/mol. The minimum atomic E-state index is -1.41. The van der Waals surface area contributed by atoms with Gasteiger partial charge in [0.05, 0.1) is 6.33 Å². The molecule has 1 aromatic carbocycles. The molecule has 1 amide bonds. The van der Waals surface area contributed by atoms with Crippen LogP contribution in [0, 0.1) is 6.92 Å². The Hall–Kier alpha value is -3.93. The molecule has 5 rings (SSSR count). The molecule has 3 aromatic heterocycles. The normalized spacial score (nSPS) is 21.8. The number of amides is 1. The van der Waals surface area contributed by atoms with Crippen LogP contribution in [0.1, 0.15) is 17.4 Å². The predicted molar refractivity (Wildman–Crippen MR) is 127 cm³/mol. The number of anilines is 1. The lowest BCUT2D eigenvalue weighted by molar-refractivity contribution is -0.137. The Morgan fingerprint density at radius 3 is 2.69 bits per heavy atom. The maximum Gasteiger partial charge on any atom is 0.251 e. The summed E-state index contributed by atoms with van der Waals surface area (Å²) in [6, 6.07) is 11.8. The summed E-state index contributed by atoms with van der Waals surface area (Å²) < 4.78 is 7.25. The summed E-state index contributed by atoms with van der Waals surface area (Å²) in [6.45, 7) is 2.43. The molecular weight excluding hydrogens is 450 g/mol. The average molecular weight is 476 g/mol. The van der Waals surface area contributed by atoms with E-state index in [0.29, 0.717) is 34.9 Å². The van der Waals surface area contributed by atoms with E-state index in [1.807, 2.05) is 43.3 Å². The molecule has 11 heteroatoms. The Morgan fingerprint density at radius 1 is 1.14 bits per heavy atom. The van der Waals surface area contributed by atoms with Gasteiger partial charge in [0.2, 0.25) is 0 Å². The number of aromatic nitrogens is 5. The van der Waals surface area contributed by atoms with Crippen molar-refractivity contribution in [2.24, 2.45) is 0 Å². The van der Waals surface area contributed by atoms with Crippen LogP contribution in [0.3, 0.4) is 0 Å². The second-order valence-corrected chi connectivity index (χ2v) is 8.35. The molecular formula is C24H25N7O4. The van der Waals surface area contributed by atoms with Crippen molar-refractivity contribution in [3.05, 3.63) is 66.2 Å². The van der Waals surface area contributed by atoms with Crippen LogP contribution in [0.5, 0.6) is 0 Å². The van der Waals surface area contributed by atoms with Gasteiger partial charge in [-0.05, 0) is 24.1 Å². The highest BCUT2D eigenvalue weighted by Gasteiger charge is 2.47. The maximum absolute atomic E-state index is 12.1. The second kappa shape index (κ2) is 9.37. The molecule has 1 aliphatic rings.